The number of ether oxygens (including phenoxy) is 1. The van der Waals surface area contributed by atoms with Gasteiger partial charge in [0.1, 0.15) is 11.4 Å². The first kappa shape index (κ1) is 10.1. The molecule has 3 heteroatoms. The predicted octanol–water partition coefficient (Wildman–Crippen LogP) is 2.08. The van der Waals surface area contributed by atoms with Gasteiger partial charge in [-0.25, -0.2) is 0 Å². The molecule has 1 aliphatic heterocycles. The van der Waals surface area contributed by atoms with E-state index in [-0.39, 0.29) is 5.54 Å². The van der Waals surface area contributed by atoms with E-state index in [1.165, 1.54) is 25.7 Å². The van der Waals surface area contributed by atoms with Crippen molar-refractivity contribution in [2.75, 3.05) is 13.7 Å². The van der Waals surface area contributed by atoms with Crippen molar-refractivity contribution in [3.05, 3.63) is 24.0 Å². The maximum Gasteiger partial charge on any atom is 0.142 e. The fraction of sp³-hybridized carbons (Fsp3) is 0.615. The van der Waals surface area contributed by atoms with Crippen LogP contribution in [0.3, 0.4) is 0 Å². The molecule has 3 nitrogen and oxygen atoms in total. The minimum atomic E-state index is 0.104. The second-order valence-electron chi connectivity index (χ2n) is 4.83. The van der Waals surface area contributed by atoms with Crippen LogP contribution in [0.2, 0.25) is 0 Å². The zero-order valence-electron chi connectivity index (χ0n) is 9.70. The molecule has 3 rings (SSSR count). The van der Waals surface area contributed by atoms with Gasteiger partial charge in [-0.15, -0.1) is 0 Å². The fourth-order valence-electron chi connectivity index (χ4n) is 2.98. The summed E-state index contributed by atoms with van der Waals surface area (Å²) in [6, 6.07) is 3.96. The van der Waals surface area contributed by atoms with Crippen LogP contribution in [0.25, 0.3) is 0 Å². The number of hydrogen-bond donors (Lipinski definition) is 1. The molecule has 1 aliphatic carbocycles. The number of nitrogens with zero attached hydrogens (tertiary/aromatic N) is 1. The molecule has 0 amide bonds. The Morgan fingerprint density at radius 2 is 2.38 bits per heavy atom. The Bertz CT molecular complexity index is 381. The van der Waals surface area contributed by atoms with Gasteiger partial charge in [0, 0.05) is 6.20 Å². The lowest BCUT2D eigenvalue weighted by Gasteiger charge is -2.30. The van der Waals surface area contributed by atoms with Crippen molar-refractivity contribution in [1.82, 2.24) is 10.3 Å². The van der Waals surface area contributed by atoms with E-state index >= 15 is 0 Å². The molecule has 1 atom stereocenters. The van der Waals surface area contributed by atoms with Crippen LogP contribution in [0.4, 0.5) is 0 Å². The van der Waals surface area contributed by atoms with E-state index in [2.05, 4.69) is 10.3 Å². The lowest BCUT2D eigenvalue weighted by Crippen LogP contribution is -2.40. The van der Waals surface area contributed by atoms with Crippen LogP contribution in [0.15, 0.2) is 18.3 Å². The summed E-state index contributed by atoms with van der Waals surface area (Å²) in [5.41, 5.74) is 1.23. The average Bonchev–Trinajstić information content (AvgIpc) is 3.09. The van der Waals surface area contributed by atoms with Gasteiger partial charge in [0.05, 0.1) is 12.6 Å². The molecule has 0 bridgehead atoms. The third kappa shape index (κ3) is 1.42. The molecule has 2 aliphatic rings. The summed E-state index contributed by atoms with van der Waals surface area (Å²) in [5, 5.41) is 3.68. The van der Waals surface area contributed by atoms with Crippen LogP contribution in [0.1, 0.15) is 31.4 Å². The summed E-state index contributed by atoms with van der Waals surface area (Å²) in [7, 11) is 1.73. The predicted molar refractivity (Wildman–Crippen MR) is 62.4 cm³/mol. The molecule has 1 saturated heterocycles. The Morgan fingerprint density at radius 3 is 3.00 bits per heavy atom. The average molecular weight is 218 g/mol. The summed E-state index contributed by atoms with van der Waals surface area (Å²) < 4.78 is 5.46. The number of aromatic nitrogens is 1. The van der Waals surface area contributed by atoms with Crippen LogP contribution in [0.5, 0.6) is 5.75 Å². The maximum atomic E-state index is 5.46. The van der Waals surface area contributed by atoms with Crippen LogP contribution < -0.4 is 10.1 Å². The normalized spacial score (nSPS) is 29.3. The summed E-state index contributed by atoms with van der Waals surface area (Å²) in [6.07, 6.45) is 6.97. The van der Waals surface area contributed by atoms with Gasteiger partial charge in [0.25, 0.3) is 0 Å². The number of nitrogens with one attached hydrogen (secondary N) is 1. The molecule has 1 aromatic heterocycles. The van der Waals surface area contributed by atoms with Gasteiger partial charge in [-0.05, 0) is 50.3 Å². The molecule has 2 fully saturated rings. The molecule has 1 unspecified atom stereocenters. The lowest BCUT2D eigenvalue weighted by molar-refractivity contribution is 0.303. The van der Waals surface area contributed by atoms with Crippen molar-refractivity contribution in [1.29, 1.82) is 0 Å². The summed E-state index contributed by atoms with van der Waals surface area (Å²) >= 11 is 0. The zero-order chi connectivity index (χ0) is 11.0. The molecule has 0 aromatic carbocycles. The smallest absolute Gasteiger partial charge is 0.142 e. The molecule has 0 spiro atoms. The highest BCUT2D eigenvalue weighted by Crippen LogP contribution is 2.51. The van der Waals surface area contributed by atoms with Crippen LogP contribution >= 0.6 is 0 Å². The van der Waals surface area contributed by atoms with E-state index < -0.39 is 0 Å². The maximum absolute atomic E-state index is 5.46. The Balaban J connectivity index is 2.05. The van der Waals surface area contributed by atoms with Gasteiger partial charge >= 0.3 is 0 Å². The minimum absolute atomic E-state index is 0.104. The second-order valence-corrected chi connectivity index (χ2v) is 4.83. The van der Waals surface area contributed by atoms with Crippen molar-refractivity contribution in [2.24, 2.45) is 5.92 Å². The minimum Gasteiger partial charge on any atom is -0.495 e. The summed E-state index contributed by atoms with van der Waals surface area (Å²) in [6.45, 7) is 1.11. The molecule has 86 valence electrons. The Labute approximate surface area is 96.2 Å². The van der Waals surface area contributed by atoms with Crippen LogP contribution in [-0.2, 0) is 5.54 Å². The first-order valence-electron chi connectivity index (χ1n) is 6.11. The zero-order valence-corrected chi connectivity index (χ0v) is 9.70. The van der Waals surface area contributed by atoms with Crippen LogP contribution in [-0.4, -0.2) is 18.6 Å². The molecular formula is C13H18N2O. The first-order chi connectivity index (χ1) is 7.87. The highest BCUT2D eigenvalue weighted by molar-refractivity contribution is 5.35. The molecule has 2 heterocycles. The van der Waals surface area contributed by atoms with E-state index in [9.17, 15) is 0 Å². The Kier molecular flexibility index (Phi) is 2.36. The summed E-state index contributed by atoms with van der Waals surface area (Å²) in [5.74, 6) is 1.70. The van der Waals surface area contributed by atoms with Gasteiger partial charge < -0.3 is 10.1 Å². The van der Waals surface area contributed by atoms with Gasteiger partial charge in [0.2, 0.25) is 0 Å². The fourth-order valence-corrected chi connectivity index (χ4v) is 2.98. The quantitative estimate of drug-likeness (QED) is 0.843. The van der Waals surface area contributed by atoms with Crippen LogP contribution in [0, 0.1) is 5.92 Å². The number of pyridine rings is 1. The highest BCUT2D eigenvalue weighted by atomic mass is 16.5. The Hall–Kier alpha value is -1.09. The van der Waals surface area contributed by atoms with E-state index in [4.69, 9.17) is 4.74 Å². The van der Waals surface area contributed by atoms with Crippen molar-refractivity contribution in [3.63, 3.8) is 0 Å². The van der Waals surface area contributed by atoms with Gasteiger partial charge in [-0.3, -0.25) is 4.98 Å². The van der Waals surface area contributed by atoms with E-state index in [0.29, 0.717) is 0 Å². The molecule has 1 saturated carbocycles. The topological polar surface area (TPSA) is 34.1 Å². The number of methoxy groups -OCH3 is 1. The standard InChI is InChI=1S/C13H18N2O/c1-16-11-4-2-8-14-12(11)13(10-5-6-10)7-3-9-15-13/h2,4,8,10,15H,3,5-7,9H2,1H3. The summed E-state index contributed by atoms with van der Waals surface area (Å²) in [4.78, 5) is 4.58. The second kappa shape index (κ2) is 3.74. The lowest BCUT2D eigenvalue weighted by atomic mass is 9.86. The largest absolute Gasteiger partial charge is 0.495 e. The van der Waals surface area contributed by atoms with E-state index in [1.807, 2.05) is 18.3 Å². The number of hydrogen-bond acceptors (Lipinski definition) is 3. The van der Waals surface area contributed by atoms with Gasteiger partial charge in [-0.2, -0.15) is 0 Å². The molecule has 16 heavy (non-hydrogen) atoms. The SMILES string of the molecule is COc1cccnc1C1(C2CC2)CCCN1. The van der Waals surface area contributed by atoms with Gasteiger partial charge in [-0.1, -0.05) is 0 Å². The van der Waals surface area contributed by atoms with Crippen molar-refractivity contribution >= 4 is 0 Å². The van der Waals surface area contributed by atoms with Crippen molar-refractivity contribution in [3.8, 4) is 5.75 Å². The third-order valence-electron chi connectivity index (χ3n) is 3.88. The molecule has 1 aromatic rings. The molecule has 0 radical (unpaired) electrons. The van der Waals surface area contributed by atoms with Crippen molar-refractivity contribution < 1.29 is 4.74 Å². The van der Waals surface area contributed by atoms with E-state index in [0.717, 1.165) is 23.9 Å². The molecular weight excluding hydrogens is 200 g/mol. The first-order valence-corrected chi connectivity index (χ1v) is 6.11. The Morgan fingerprint density at radius 1 is 1.50 bits per heavy atom. The molecule has 1 N–H and O–H groups in total. The van der Waals surface area contributed by atoms with Gasteiger partial charge in [0.15, 0.2) is 0 Å². The third-order valence-corrected chi connectivity index (χ3v) is 3.88. The number of rotatable bonds is 3. The van der Waals surface area contributed by atoms with E-state index in [1.54, 1.807) is 7.11 Å². The monoisotopic (exact) mass is 218 g/mol. The van der Waals surface area contributed by atoms with Crippen molar-refractivity contribution in [2.45, 2.75) is 31.2 Å². The highest BCUT2D eigenvalue weighted by Gasteiger charge is 2.50.